The summed E-state index contributed by atoms with van der Waals surface area (Å²) in [6.45, 7) is -0.102. The van der Waals surface area contributed by atoms with E-state index in [-0.39, 0.29) is 13.4 Å². The lowest BCUT2D eigenvalue weighted by Gasteiger charge is -2.44. The van der Waals surface area contributed by atoms with Crippen LogP contribution in [-0.2, 0) is 0 Å². The number of rotatable bonds is 9. The van der Waals surface area contributed by atoms with Crippen molar-refractivity contribution < 1.29 is 0 Å². The minimum atomic E-state index is -0.0512. The zero-order valence-electron chi connectivity index (χ0n) is 43.3. The van der Waals surface area contributed by atoms with Gasteiger partial charge in [0.1, 0.15) is 0 Å². The molecule has 0 aliphatic carbocycles. The van der Waals surface area contributed by atoms with Crippen LogP contribution in [0.1, 0.15) is 0 Å². The second-order valence-corrected chi connectivity index (χ2v) is 22.8. The summed E-state index contributed by atoms with van der Waals surface area (Å²) in [6, 6.07) is 102. The van der Waals surface area contributed by atoms with E-state index in [0.29, 0.717) is 0 Å². The Bertz CT molecular complexity index is 4270. The number of pyridine rings is 1. The topological polar surface area (TPSA) is 25.9 Å². The van der Waals surface area contributed by atoms with E-state index in [9.17, 15) is 0 Å². The summed E-state index contributed by atoms with van der Waals surface area (Å²) >= 11 is 3.79. The molecule has 11 aromatic carbocycles. The lowest BCUT2D eigenvalue weighted by molar-refractivity contribution is 1.21. The van der Waals surface area contributed by atoms with Crippen molar-refractivity contribution in [1.29, 1.82) is 0 Å². The Morgan fingerprint density at radius 1 is 0.300 bits per heavy atom. The average Bonchev–Trinajstić information content (AvgIpc) is 3.51. The number of fused-ring (bicyclic) bond motifs is 8. The number of anilines is 12. The van der Waals surface area contributed by atoms with Crippen LogP contribution in [0.25, 0.3) is 11.3 Å². The van der Waals surface area contributed by atoms with Gasteiger partial charge in [-0.25, -0.2) is 0 Å². The van der Waals surface area contributed by atoms with E-state index < -0.39 is 0 Å². The molecule has 4 aliphatic rings. The normalized spacial score (nSPS) is 13.1. The van der Waals surface area contributed by atoms with Crippen LogP contribution in [0.3, 0.4) is 0 Å². The molecule has 80 heavy (non-hydrogen) atoms. The molecule has 4 aliphatic heterocycles. The van der Waals surface area contributed by atoms with Crippen LogP contribution in [0.4, 0.5) is 68.2 Å². The third-order valence-electron chi connectivity index (χ3n) is 16.1. The summed E-state index contributed by atoms with van der Waals surface area (Å²) in [5.41, 5.74) is 23.4. The highest BCUT2D eigenvalue weighted by molar-refractivity contribution is 8.00. The summed E-state index contributed by atoms with van der Waals surface area (Å²) in [5, 5.41) is 0. The van der Waals surface area contributed by atoms with Crippen molar-refractivity contribution in [3.8, 4) is 11.3 Å². The first-order valence-corrected chi connectivity index (χ1v) is 28.9. The van der Waals surface area contributed by atoms with E-state index in [1.54, 1.807) is 0 Å². The van der Waals surface area contributed by atoms with Gasteiger partial charge in [-0.2, -0.15) is 0 Å². The molecule has 0 fully saturated rings. The third kappa shape index (κ3) is 7.56. The molecule has 0 amide bonds. The Morgan fingerprint density at radius 3 is 1.36 bits per heavy atom. The second-order valence-electron chi connectivity index (χ2n) is 20.6. The van der Waals surface area contributed by atoms with Gasteiger partial charge in [-0.15, -0.1) is 0 Å². The van der Waals surface area contributed by atoms with Crippen molar-refractivity contribution in [2.24, 2.45) is 0 Å². The van der Waals surface area contributed by atoms with E-state index in [1.165, 1.54) is 63.7 Å². The lowest BCUT2D eigenvalue weighted by atomic mass is 9.31. The predicted octanol–water partition coefficient (Wildman–Crippen LogP) is 15.2. The number of aromatic nitrogens is 1. The van der Waals surface area contributed by atoms with Gasteiger partial charge in [-0.3, -0.25) is 4.98 Å². The maximum atomic E-state index is 5.03. The van der Waals surface area contributed by atoms with Gasteiger partial charge in [0.05, 0.1) is 11.4 Å². The maximum absolute atomic E-state index is 5.03. The molecule has 5 heterocycles. The van der Waals surface area contributed by atoms with Crippen molar-refractivity contribution in [2.75, 3.05) is 19.6 Å². The van der Waals surface area contributed by atoms with Crippen LogP contribution in [0.15, 0.2) is 305 Å². The third-order valence-corrected chi connectivity index (χ3v) is 18.4. The highest BCUT2D eigenvalue weighted by atomic mass is 32.2. The van der Waals surface area contributed by atoms with Crippen molar-refractivity contribution in [2.45, 2.75) is 19.6 Å². The minimum absolute atomic E-state index is 0.0508. The molecule has 0 saturated heterocycles. The first kappa shape index (κ1) is 46.7. The van der Waals surface area contributed by atoms with E-state index >= 15 is 0 Å². The smallest absolute Gasteiger partial charge is 0.249 e. The second kappa shape index (κ2) is 19.2. The zero-order valence-corrected chi connectivity index (χ0v) is 45.0. The van der Waals surface area contributed by atoms with Crippen LogP contribution in [0.2, 0.25) is 0 Å². The summed E-state index contributed by atoms with van der Waals surface area (Å²) in [6.07, 6.45) is 1.91. The predicted molar refractivity (Wildman–Crippen MR) is 339 cm³/mol. The summed E-state index contributed by atoms with van der Waals surface area (Å²) in [5.74, 6) is 0. The Balaban J connectivity index is 0.984. The van der Waals surface area contributed by atoms with Crippen LogP contribution in [0.5, 0.6) is 0 Å². The number of para-hydroxylation sites is 7. The SMILES string of the molecule is c1ccc(N(c2ccccc2)c2cc3c4c(c2)N(c2ccccc2)c2ccccc2B4c2cc4c(cc2S3)N(c2ccccc2-c2ccccn2)c2cc(N(c3ccccc3)c3ccccc3)cc3c2B4c2ccccc2S3)cc1. The Morgan fingerprint density at radius 2 is 0.775 bits per heavy atom. The molecular formula is C71H47B2N5S2. The summed E-state index contributed by atoms with van der Waals surface area (Å²) < 4.78 is 0. The van der Waals surface area contributed by atoms with Crippen LogP contribution < -0.4 is 52.4 Å². The Kier molecular flexibility index (Phi) is 11.2. The highest BCUT2D eigenvalue weighted by Gasteiger charge is 2.46. The van der Waals surface area contributed by atoms with E-state index in [4.69, 9.17) is 4.98 Å². The maximum Gasteiger partial charge on any atom is 0.249 e. The molecule has 0 bridgehead atoms. The monoisotopic (exact) mass is 1060 g/mol. The van der Waals surface area contributed by atoms with Gasteiger partial charge < -0.3 is 19.6 Å². The van der Waals surface area contributed by atoms with Gasteiger partial charge in [0.15, 0.2) is 0 Å². The number of benzene rings is 11. The first-order chi connectivity index (χ1) is 39.7. The molecular weight excluding hydrogens is 1010 g/mol. The van der Waals surface area contributed by atoms with Crippen molar-refractivity contribution >= 4 is 138 Å². The lowest BCUT2D eigenvalue weighted by Crippen LogP contribution is -2.64. The summed E-state index contributed by atoms with van der Waals surface area (Å²) in [7, 11) is 0. The number of hydrogen-bond donors (Lipinski definition) is 0. The van der Waals surface area contributed by atoms with Gasteiger partial charge in [0, 0.05) is 93.9 Å². The summed E-state index contributed by atoms with van der Waals surface area (Å²) in [4.78, 5) is 19.9. The number of hydrogen-bond acceptors (Lipinski definition) is 7. The molecule has 0 radical (unpaired) electrons. The molecule has 1 aromatic heterocycles. The molecule has 0 N–H and O–H groups in total. The molecule has 0 saturated carbocycles. The molecule has 0 unspecified atom stereocenters. The van der Waals surface area contributed by atoms with E-state index in [2.05, 4.69) is 293 Å². The van der Waals surface area contributed by atoms with Gasteiger partial charge >= 0.3 is 0 Å². The van der Waals surface area contributed by atoms with Crippen molar-refractivity contribution in [3.63, 3.8) is 0 Å². The first-order valence-electron chi connectivity index (χ1n) is 27.3. The van der Waals surface area contributed by atoms with Crippen molar-refractivity contribution in [1.82, 2.24) is 4.98 Å². The van der Waals surface area contributed by atoms with E-state index in [0.717, 1.165) is 68.1 Å². The fourth-order valence-corrected chi connectivity index (χ4v) is 15.3. The van der Waals surface area contributed by atoms with Gasteiger partial charge in [-0.1, -0.05) is 192 Å². The Hall–Kier alpha value is -9.40. The standard InChI is InChI=1S/C71H47B2N5S2/c1-6-24-48(25-7-1)75(49-26-8-2-9-27-49)53-42-64-70-69(45-53)80-67-47-63-58(46-59(67)72(70)56-35-17-20-39-62(56)77(64)52-32-14-5-15-33-52)73-57-36-18-21-40-66(57)79-68-44-54(76(50-28-10-3-11-29-50)51-30-12-4-13-31-51)43-65(71(68)73)78(63)61-38-19-16-34-55(61)60-37-22-23-41-74-60/h1-47H. The number of nitrogens with zero attached hydrogens (tertiary/aromatic N) is 5. The van der Waals surface area contributed by atoms with Crippen molar-refractivity contribution in [3.05, 3.63) is 285 Å². The molecule has 9 heteroatoms. The van der Waals surface area contributed by atoms with Gasteiger partial charge in [0.25, 0.3) is 0 Å². The highest BCUT2D eigenvalue weighted by Crippen LogP contribution is 2.51. The van der Waals surface area contributed by atoms with E-state index in [1.807, 2.05) is 35.8 Å². The van der Waals surface area contributed by atoms with Crippen LogP contribution in [0, 0.1) is 0 Å². The average molecular weight is 1060 g/mol. The van der Waals surface area contributed by atoms with Gasteiger partial charge in [0.2, 0.25) is 13.4 Å². The largest absolute Gasteiger partial charge is 0.311 e. The fraction of sp³-hybridized carbons (Fsp3) is 0. The molecule has 5 nitrogen and oxygen atoms in total. The molecule has 374 valence electrons. The minimum Gasteiger partial charge on any atom is -0.311 e. The van der Waals surface area contributed by atoms with Gasteiger partial charge in [-0.05, 0) is 143 Å². The molecule has 12 aromatic rings. The molecule has 16 rings (SSSR count). The van der Waals surface area contributed by atoms with Crippen LogP contribution in [-0.4, -0.2) is 18.4 Å². The Labute approximate surface area is 475 Å². The quantitative estimate of drug-likeness (QED) is 0.133. The molecule has 0 spiro atoms. The fourth-order valence-electron chi connectivity index (χ4n) is 12.8. The zero-order chi connectivity index (χ0) is 52.7. The van der Waals surface area contributed by atoms with Crippen LogP contribution >= 0.6 is 23.5 Å². The molecule has 0 atom stereocenters.